The Labute approximate surface area is 150 Å². The fraction of sp³-hybridized carbons (Fsp3) is 0.650. The van der Waals surface area contributed by atoms with Crippen LogP contribution in [0, 0.1) is 5.92 Å². The number of rotatable bonds is 4. The van der Waals surface area contributed by atoms with Gasteiger partial charge in [-0.05, 0) is 30.9 Å². The normalized spacial score (nSPS) is 19.5. The number of nitrogens with zero attached hydrogens (tertiary/aromatic N) is 3. The highest BCUT2D eigenvalue weighted by atomic mass is 16.2. The van der Waals surface area contributed by atoms with Gasteiger partial charge in [0.05, 0.1) is 0 Å². The first kappa shape index (κ1) is 17.9. The zero-order chi connectivity index (χ0) is 17.5. The molecule has 0 atom stereocenters. The van der Waals surface area contributed by atoms with Crippen molar-refractivity contribution in [1.82, 2.24) is 14.8 Å². The monoisotopic (exact) mass is 343 g/mol. The van der Waals surface area contributed by atoms with Gasteiger partial charge in [0.25, 0.3) is 5.91 Å². The van der Waals surface area contributed by atoms with Gasteiger partial charge in [0, 0.05) is 50.6 Å². The molecule has 1 aliphatic carbocycles. The first-order chi connectivity index (χ1) is 12.2. The Kier molecular flexibility index (Phi) is 6.42. The summed E-state index contributed by atoms with van der Waals surface area (Å²) in [7, 11) is 0. The maximum Gasteiger partial charge on any atom is 0.254 e. The first-order valence-corrected chi connectivity index (χ1v) is 9.71. The second kappa shape index (κ2) is 8.97. The fourth-order valence-corrected chi connectivity index (χ4v) is 4.01. The van der Waals surface area contributed by atoms with Crippen LogP contribution in [-0.4, -0.2) is 52.8 Å². The molecule has 2 fully saturated rings. The van der Waals surface area contributed by atoms with Crippen LogP contribution in [0.1, 0.15) is 61.7 Å². The van der Waals surface area contributed by atoms with Gasteiger partial charge >= 0.3 is 0 Å². The van der Waals surface area contributed by atoms with Gasteiger partial charge in [-0.2, -0.15) is 0 Å². The molecule has 2 amide bonds. The highest BCUT2D eigenvalue weighted by Crippen LogP contribution is 2.27. The zero-order valence-corrected chi connectivity index (χ0v) is 15.0. The maximum absolute atomic E-state index is 12.6. The van der Waals surface area contributed by atoms with Crippen molar-refractivity contribution in [3.8, 4) is 0 Å². The summed E-state index contributed by atoms with van der Waals surface area (Å²) in [6.45, 7) is 2.76. The molecule has 0 radical (unpaired) electrons. The standard InChI is InChI=1S/C20H29N3O2/c24-19(8-7-17-5-2-1-3-6-17)22-13-4-14-23(16-15-22)20(25)18-9-11-21-12-10-18/h9-12,17H,1-8,13-16H2. The molecule has 2 aliphatic rings. The van der Waals surface area contributed by atoms with Crippen LogP contribution in [0.3, 0.4) is 0 Å². The van der Waals surface area contributed by atoms with Crippen LogP contribution >= 0.6 is 0 Å². The Morgan fingerprint density at radius 3 is 2.36 bits per heavy atom. The summed E-state index contributed by atoms with van der Waals surface area (Å²) in [5.41, 5.74) is 0.673. The lowest BCUT2D eigenvalue weighted by atomic mass is 9.86. The molecule has 2 heterocycles. The average Bonchev–Trinajstić information content (AvgIpc) is 2.93. The van der Waals surface area contributed by atoms with Crippen LogP contribution in [0.15, 0.2) is 24.5 Å². The van der Waals surface area contributed by atoms with Gasteiger partial charge in [-0.3, -0.25) is 14.6 Å². The molecule has 136 valence electrons. The SMILES string of the molecule is O=C(CCC1CCCCC1)N1CCCN(C(=O)c2ccncc2)CC1. The van der Waals surface area contributed by atoms with Gasteiger partial charge in [0.1, 0.15) is 0 Å². The van der Waals surface area contributed by atoms with Crippen molar-refractivity contribution >= 4 is 11.8 Å². The van der Waals surface area contributed by atoms with Crippen LogP contribution in [0.4, 0.5) is 0 Å². The first-order valence-electron chi connectivity index (χ1n) is 9.71. The molecule has 0 N–H and O–H groups in total. The van der Waals surface area contributed by atoms with E-state index in [1.807, 2.05) is 9.80 Å². The largest absolute Gasteiger partial charge is 0.341 e. The second-order valence-electron chi connectivity index (χ2n) is 7.31. The van der Waals surface area contributed by atoms with Crippen molar-refractivity contribution in [1.29, 1.82) is 0 Å². The van der Waals surface area contributed by atoms with Gasteiger partial charge in [0.2, 0.25) is 5.91 Å². The predicted molar refractivity (Wildman–Crippen MR) is 97.1 cm³/mol. The Hall–Kier alpha value is -1.91. The Morgan fingerprint density at radius 1 is 0.920 bits per heavy atom. The summed E-state index contributed by atoms with van der Waals surface area (Å²) in [4.78, 5) is 32.9. The molecule has 1 aromatic heterocycles. The number of pyridine rings is 1. The molecule has 1 aromatic rings. The Morgan fingerprint density at radius 2 is 1.60 bits per heavy atom. The Bertz CT molecular complexity index is 570. The van der Waals surface area contributed by atoms with E-state index in [1.54, 1.807) is 24.5 Å². The minimum Gasteiger partial charge on any atom is -0.341 e. The number of hydrogen-bond donors (Lipinski definition) is 0. The van der Waals surface area contributed by atoms with E-state index in [9.17, 15) is 9.59 Å². The zero-order valence-electron chi connectivity index (χ0n) is 15.0. The molecule has 0 bridgehead atoms. The van der Waals surface area contributed by atoms with Crippen LogP contribution in [-0.2, 0) is 4.79 Å². The van der Waals surface area contributed by atoms with E-state index >= 15 is 0 Å². The minimum absolute atomic E-state index is 0.0407. The summed E-state index contributed by atoms with van der Waals surface area (Å²) in [6.07, 6.45) is 12.5. The van der Waals surface area contributed by atoms with Crippen molar-refractivity contribution in [2.24, 2.45) is 5.92 Å². The molecule has 1 saturated heterocycles. The van der Waals surface area contributed by atoms with Crippen molar-refractivity contribution in [3.05, 3.63) is 30.1 Å². The van der Waals surface area contributed by atoms with Crippen LogP contribution in [0.25, 0.3) is 0 Å². The van der Waals surface area contributed by atoms with Crippen LogP contribution < -0.4 is 0 Å². The van der Waals surface area contributed by atoms with E-state index in [0.717, 1.165) is 25.3 Å². The average molecular weight is 343 g/mol. The van der Waals surface area contributed by atoms with Crippen LogP contribution in [0.5, 0.6) is 0 Å². The molecule has 0 aromatic carbocycles. The predicted octanol–water partition coefficient (Wildman–Crippen LogP) is 3.12. The fourth-order valence-electron chi connectivity index (χ4n) is 4.01. The molecule has 5 heteroatoms. The van der Waals surface area contributed by atoms with E-state index in [2.05, 4.69) is 4.98 Å². The van der Waals surface area contributed by atoms with E-state index in [1.165, 1.54) is 32.1 Å². The molecule has 0 unspecified atom stereocenters. The summed E-state index contributed by atoms with van der Waals surface area (Å²) >= 11 is 0. The van der Waals surface area contributed by atoms with E-state index in [0.29, 0.717) is 31.6 Å². The second-order valence-corrected chi connectivity index (χ2v) is 7.31. The molecule has 1 saturated carbocycles. The molecule has 3 rings (SSSR count). The van der Waals surface area contributed by atoms with Crippen molar-refractivity contribution in [2.75, 3.05) is 26.2 Å². The third-order valence-electron chi connectivity index (χ3n) is 5.55. The quantitative estimate of drug-likeness (QED) is 0.844. The summed E-state index contributed by atoms with van der Waals surface area (Å²) in [5.74, 6) is 1.05. The van der Waals surface area contributed by atoms with Gasteiger partial charge in [-0.25, -0.2) is 0 Å². The summed E-state index contributed by atoms with van der Waals surface area (Å²) in [6, 6.07) is 3.50. The van der Waals surface area contributed by atoms with Gasteiger partial charge in [0.15, 0.2) is 0 Å². The molecular formula is C20H29N3O2. The van der Waals surface area contributed by atoms with E-state index in [-0.39, 0.29) is 11.8 Å². The number of aromatic nitrogens is 1. The number of hydrogen-bond acceptors (Lipinski definition) is 3. The highest BCUT2D eigenvalue weighted by molar-refractivity contribution is 5.94. The number of amides is 2. The van der Waals surface area contributed by atoms with Crippen molar-refractivity contribution in [2.45, 2.75) is 51.4 Å². The number of carbonyl (C=O) groups is 2. The Balaban J connectivity index is 1.47. The van der Waals surface area contributed by atoms with Crippen molar-refractivity contribution in [3.63, 3.8) is 0 Å². The molecule has 5 nitrogen and oxygen atoms in total. The lowest BCUT2D eigenvalue weighted by Gasteiger charge is -2.24. The van der Waals surface area contributed by atoms with Crippen LogP contribution in [0.2, 0.25) is 0 Å². The summed E-state index contributed by atoms with van der Waals surface area (Å²) < 4.78 is 0. The van der Waals surface area contributed by atoms with E-state index < -0.39 is 0 Å². The molecular weight excluding hydrogens is 314 g/mol. The van der Waals surface area contributed by atoms with Gasteiger partial charge < -0.3 is 9.80 Å². The molecule has 25 heavy (non-hydrogen) atoms. The lowest BCUT2D eigenvalue weighted by Crippen LogP contribution is -2.37. The topological polar surface area (TPSA) is 53.5 Å². The highest BCUT2D eigenvalue weighted by Gasteiger charge is 2.23. The third-order valence-corrected chi connectivity index (χ3v) is 5.55. The smallest absolute Gasteiger partial charge is 0.254 e. The summed E-state index contributed by atoms with van der Waals surface area (Å²) in [5, 5.41) is 0. The van der Waals surface area contributed by atoms with E-state index in [4.69, 9.17) is 0 Å². The number of carbonyl (C=O) groups excluding carboxylic acids is 2. The van der Waals surface area contributed by atoms with Crippen molar-refractivity contribution < 1.29 is 9.59 Å². The maximum atomic E-state index is 12.6. The van der Waals surface area contributed by atoms with Gasteiger partial charge in [-0.15, -0.1) is 0 Å². The molecule has 1 aliphatic heterocycles. The molecule has 0 spiro atoms. The van der Waals surface area contributed by atoms with Gasteiger partial charge in [-0.1, -0.05) is 32.1 Å². The third kappa shape index (κ3) is 5.03. The lowest BCUT2D eigenvalue weighted by molar-refractivity contribution is -0.131. The minimum atomic E-state index is 0.0407.